The number of primary amides is 1. The van der Waals surface area contributed by atoms with Gasteiger partial charge in [0, 0.05) is 24.5 Å². The summed E-state index contributed by atoms with van der Waals surface area (Å²) in [5.41, 5.74) is 7.69. The van der Waals surface area contributed by atoms with Gasteiger partial charge in [0.05, 0.1) is 5.92 Å². The van der Waals surface area contributed by atoms with Crippen molar-refractivity contribution in [2.45, 2.75) is 45.2 Å². The van der Waals surface area contributed by atoms with Crippen LogP contribution in [0.4, 0.5) is 0 Å². The summed E-state index contributed by atoms with van der Waals surface area (Å²) < 4.78 is 0. The number of carbonyl (C=O) groups excluding carboxylic acids is 1. The molecule has 0 saturated heterocycles. The van der Waals surface area contributed by atoms with Gasteiger partial charge in [-0.2, -0.15) is 0 Å². The maximum atomic E-state index is 11.4. The minimum atomic E-state index is -0.171. The van der Waals surface area contributed by atoms with Crippen molar-refractivity contribution >= 4 is 5.91 Å². The number of hydrogen-bond acceptors (Lipinski definition) is 3. The van der Waals surface area contributed by atoms with Gasteiger partial charge in [0.2, 0.25) is 5.91 Å². The summed E-state index contributed by atoms with van der Waals surface area (Å²) in [6, 6.07) is 4.23. The van der Waals surface area contributed by atoms with E-state index in [1.165, 1.54) is 12.0 Å². The van der Waals surface area contributed by atoms with E-state index in [0.717, 1.165) is 31.5 Å². The molecule has 0 aromatic carbocycles. The van der Waals surface area contributed by atoms with Crippen LogP contribution in [-0.4, -0.2) is 16.9 Å². The molecule has 1 aliphatic carbocycles. The lowest BCUT2D eigenvalue weighted by molar-refractivity contribution is -0.123. The summed E-state index contributed by atoms with van der Waals surface area (Å²) in [6.45, 7) is 2.76. The minimum Gasteiger partial charge on any atom is -0.369 e. The van der Waals surface area contributed by atoms with E-state index >= 15 is 0 Å². The molecule has 0 spiro atoms. The Labute approximate surface area is 108 Å². The van der Waals surface area contributed by atoms with E-state index in [2.05, 4.69) is 16.4 Å². The van der Waals surface area contributed by atoms with E-state index in [1.807, 2.05) is 13.0 Å². The monoisotopic (exact) mass is 247 g/mol. The summed E-state index contributed by atoms with van der Waals surface area (Å²) >= 11 is 0. The second kappa shape index (κ2) is 5.96. The molecule has 1 fully saturated rings. The van der Waals surface area contributed by atoms with Crippen LogP contribution in [0.3, 0.4) is 0 Å². The molecule has 98 valence electrons. The van der Waals surface area contributed by atoms with Crippen molar-refractivity contribution in [3.63, 3.8) is 0 Å². The minimum absolute atomic E-state index is 0.0178. The first-order valence-electron chi connectivity index (χ1n) is 6.61. The van der Waals surface area contributed by atoms with Crippen molar-refractivity contribution in [1.82, 2.24) is 10.3 Å². The van der Waals surface area contributed by atoms with E-state index in [-0.39, 0.29) is 17.9 Å². The summed E-state index contributed by atoms with van der Waals surface area (Å²) in [7, 11) is 0. The molecule has 4 nitrogen and oxygen atoms in total. The molecule has 0 aliphatic heterocycles. The second-order valence-electron chi connectivity index (χ2n) is 5.03. The maximum absolute atomic E-state index is 11.4. The molecule has 2 atom stereocenters. The molecular weight excluding hydrogens is 226 g/mol. The fraction of sp³-hybridized carbons (Fsp3) is 0.571. The van der Waals surface area contributed by atoms with Crippen molar-refractivity contribution in [3.05, 3.63) is 29.6 Å². The van der Waals surface area contributed by atoms with Gasteiger partial charge in [-0.25, -0.2) is 0 Å². The third-order valence-corrected chi connectivity index (χ3v) is 3.80. The topological polar surface area (TPSA) is 68.0 Å². The molecule has 1 aromatic heterocycles. The normalized spacial score (nSPS) is 23.8. The molecule has 1 aromatic rings. The first kappa shape index (κ1) is 13.0. The molecule has 1 aliphatic rings. The van der Waals surface area contributed by atoms with E-state index in [1.54, 1.807) is 6.20 Å². The van der Waals surface area contributed by atoms with Gasteiger partial charge >= 0.3 is 0 Å². The lowest BCUT2D eigenvalue weighted by atomic mass is 9.84. The van der Waals surface area contributed by atoms with Crippen LogP contribution < -0.4 is 11.1 Å². The van der Waals surface area contributed by atoms with Crippen LogP contribution in [0.1, 0.15) is 36.9 Å². The predicted molar refractivity (Wildman–Crippen MR) is 70.8 cm³/mol. The molecule has 0 bridgehead atoms. The van der Waals surface area contributed by atoms with Crippen LogP contribution in [0, 0.1) is 12.8 Å². The third-order valence-electron chi connectivity index (χ3n) is 3.80. The van der Waals surface area contributed by atoms with Gasteiger partial charge < -0.3 is 11.1 Å². The quantitative estimate of drug-likeness (QED) is 0.847. The Hall–Kier alpha value is -1.42. The number of carbonyl (C=O) groups is 1. The molecule has 2 unspecified atom stereocenters. The average Bonchev–Trinajstić information content (AvgIpc) is 2.38. The Morgan fingerprint density at radius 3 is 3.00 bits per heavy atom. The molecule has 0 radical (unpaired) electrons. The van der Waals surface area contributed by atoms with E-state index in [4.69, 9.17) is 5.73 Å². The van der Waals surface area contributed by atoms with Gasteiger partial charge in [0.25, 0.3) is 0 Å². The Bertz CT molecular complexity index is 419. The molecule has 1 heterocycles. The van der Waals surface area contributed by atoms with Crippen LogP contribution >= 0.6 is 0 Å². The lowest BCUT2D eigenvalue weighted by Crippen LogP contribution is -2.44. The SMILES string of the molecule is Cc1ncccc1CNC1CCCCC1C(N)=O. The zero-order valence-corrected chi connectivity index (χ0v) is 10.9. The fourth-order valence-corrected chi connectivity index (χ4v) is 2.66. The van der Waals surface area contributed by atoms with Crippen molar-refractivity contribution in [2.75, 3.05) is 0 Å². The number of hydrogen-bond donors (Lipinski definition) is 2. The number of amides is 1. The predicted octanol–water partition coefficient (Wildman–Crippen LogP) is 1.52. The van der Waals surface area contributed by atoms with Gasteiger partial charge in [0.15, 0.2) is 0 Å². The molecule has 4 heteroatoms. The van der Waals surface area contributed by atoms with Gasteiger partial charge in [-0.1, -0.05) is 18.9 Å². The third kappa shape index (κ3) is 3.07. The Morgan fingerprint density at radius 2 is 2.28 bits per heavy atom. The van der Waals surface area contributed by atoms with Crippen LogP contribution in [0.25, 0.3) is 0 Å². The zero-order valence-electron chi connectivity index (χ0n) is 10.9. The van der Waals surface area contributed by atoms with Gasteiger partial charge in [-0.15, -0.1) is 0 Å². The molecule has 18 heavy (non-hydrogen) atoms. The Morgan fingerprint density at radius 1 is 1.50 bits per heavy atom. The zero-order chi connectivity index (χ0) is 13.0. The number of nitrogens with two attached hydrogens (primary N) is 1. The number of nitrogens with one attached hydrogen (secondary N) is 1. The van der Waals surface area contributed by atoms with Crippen molar-refractivity contribution in [3.8, 4) is 0 Å². The first-order chi connectivity index (χ1) is 8.68. The van der Waals surface area contributed by atoms with Crippen LogP contribution in [0.2, 0.25) is 0 Å². The number of pyridine rings is 1. The highest BCUT2D eigenvalue weighted by Gasteiger charge is 2.28. The standard InChI is InChI=1S/C14H21N3O/c1-10-11(5-4-8-16-10)9-17-13-7-3-2-6-12(13)14(15)18/h4-5,8,12-13,17H,2-3,6-7,9H2,1H3,(H2,15,18). The summed E-state index contributed by atoms with van der Waals surface area (Å²) in [6.07, 6.45) is 6.03. The maximum Gasteiger partial charge on any atom is 0.222 e. The first-order valence-corrected chi connectivity index (χ1v) is 6.61. The van der Waals surface area contributed by atoms with Crippen molar-refractivity contribution in [2.24, 2.45) is 11.7 Å². The Balaban J connectivity index is 1.96. The van der Waals surface area contributed by atoms with Crippen molar-refractivity contribution in [1.29, 1.82) is 0 Å². The number of aryl methyl sites for hydroxylation is 1. The average molecular weight is 247 g/mol. The summed E-state index contributed by atoms with van der Waals surface area (Å²) in [5.74, 6) is -0.189. The van der Waals surface area contributed by atoms with Crippen molar-refractivity contribution < 1.29 is 4.79 Å². The highest BCUT2D eigenvalue weighted by atomic mass is 16.1. The fourth-order valence-electron chi connectivity index (χ4n) is 2.66. The highest BCUT2D eigenvalue weighted by molar-refractivity contribution is 5.77. The molecule has 3 N–H and O–H groups in total. The number of nitrogens with zero attached hydrogens (tertiary/aromatic N) is 1. The molecule has 1 amide bonds. The summed E-state index contributed by atoms with van der Waals surface area (Å²) in [4.78, 5) is 15.7. The van der Waals surface area contributed by atoms with Crippen LogP contribution in [-0.2, 0) is 11.3 Å². The van der Waals surface area contributed by atoms with Gasteiger partial charge in [0.1, 0.15) is 0 Å². The largest absolute Gasteiger partial charge is 0.369 e. The van der Waals surface area contributed by atoms with Crippen LogP contribution in [0.5, 0.6) is 0 Å². The smallest absolute Gasteiger partial charge is 0.222 e. The Kier molecular flexibility index (Phi) is 4.31. The van der Waals surface area contributed by atoms with E-state index < -0.39 is 0 Å². The van der Waals surface area contributed by atoms with Gasteiger partial charge in [-0.3, -0.25) is 9.78 Å². The lowest BCUT2D eigenvalue weighted by Gasteiger charge is -2.30. The molecule has 2 rings (SSSR count). The van der Waals surface area contributed by atoms with Crippen LogP contribution in [0.15, 0.2) is 18.3 Å². The second-order valence-corrected chi connectivity index (χ2v) is 5.03. The molecule has 1 saturated carbocycles. The number of rotatable bonds is 4. The highest BCUT2D eigenvalue weighted by Crippen LogP contribution is 2.24. The van der Waals surface area contributed by atoms with E-state index in [0.29, 0.717) is 0 Å². The van der Waals surface area contributed by atoms with Gasteiger partial charge in [-0.05, 0) is 31.4 Å². The van der Waals surface area contributed by atoms with E-state index in [9.17, 15) is 4.79 Å². The number of aromatic nitrogens is 1. The summed E-state index contributed by atoms with van der Waals surface area (Å²) in [5, 5.41) is 3.47. The molecular formula is C14H21N3O.